The van der Waals surface area contributed by atoms with E-state index in [4.69, 9.17) is 4.74 Å². The first-order chi connectivity index (χ1) is 11.3. The first kappa shape index (κ1) is 15.6. The molecule has 0 spiro atoms. The number of methoxy groups -OCH3 is 1. The number of aromatic amines is 1. The van der Waals surface area contributed by atoms with E-state index in [0.717, 1.165) is 43.2 Å². The van der Waals surface area contributed by atoms with Gasteiger partial charge in [-0.15, -0.1) is 0 Å². The smallest absolute Gasteiger partial charge is 0.225 e. The lowest BCUT2D eigenvalue weighted by Crippen LogP contribution is -2.28. The summed E-state index contributed by atoms with van der Waals surface area (Å²) in [7, 11) is 1.62. The fourth-order valence-electron chi connectivity index (χ4n) is 3.01. The van der Waals surface area contributed by atoms with Gasteiger partial charge in [0.1, 0.15) is 11.6 Å². The predicted molar refractivity (Wildman–Crippen MR) is 88.4 cm³/mol. The monoisotopic (exact) mass is 314 g/mol. The van der Waals surface area contributed by atoms with E-state index in [1.165, 1.54) is 0 Å². The molecule has 1 aromatic carbocycles. The Balaban J connectivity index is 1.50. The van der Waals surface area contributed by atoms with Crippen molar-refractivity contribution in [2.24, 2.45) is 0 Å². The number of hydrogen-bond donors (Lipinski definition) is 2. The second-order valence-corrected chi connectivity index (χ2v) is 5.70. The van der Waals surface area contributed by atoms with Crippen LogP contribution >= 0.6 is 0 Å². The summed E-state index contributed by atoms with van der Waals surface area (Å²) in [5, 5.41) is 2.92. The number of carbonyl (C=O) groups is 1. The van der Waals surface area contributed by atoms with Crippen LogP contribution in [0.5, 0.6) is 5.75 Å². The zero-order chi connectivity index (χ0) is 16.1. The van der Waals surface area contributed by atoms with Crippen LogP contribution in [0, 0.1) is 0 Å². The van der Waals surface area contributed by atoms with E-state index in [-0.39, 0.29) is 5.91 Å². The van der Waals surface area contributed by atoms with Crippen molar-refractivity contribution in [3.63, 3.8) is 0 Å². The fraction of sp³-hybridized carbons (Fsp3) is 0.412. The van der Waals surface area contributed by atoms with Crippen molar-refractivity contribution in [3.05, 3.63) is 42.5 Å². The average molecular weight is 314 g/mol. The number of ether oxygens (including phenoxy) is 1. The molecule has 6 heteroatoms. The van der Waals surface area contributed by atoms with E-state index in [1.54, 1.807) is 13.3 Å². The number of H-pyrrole nitrogens is 1. The van der Waals surface area contributed by atoms with Gasteiger partial charge in [-0.2, -0.15) is 0 Å². The predicted octanol–water partition coefficient (Wildman–Crippen LogP) is 2.58. The summed E-state index contributed by atoms with van der Waals surface area (Å²) < 4.78 is 5.11. The van der Waals surface area contributed by atoms with Gasteiger partial charge in [0.2, 0.25) is 5.91 Å². The quantitative estimate of drug-likeness (QED) is 0.860. The molecule has 0 aliphatic carbocycles. The number of carbonyl (C=O) groups excluding carboxylic acids is 1. The van der Waals surface area contributed by atoms with Gasteiger partial charge in [0.25, 0.3) is 0 Å². The number of anilines is 1. The van der Waals surface area contributed by atoms with Crippen LogP contribution in [0.15, 0.2) is 36.7 Å². The standard InChI is InChI=1S/C17H22N4O2/c1-23-14-6-4-13(5-7-14)20-16(22)8-12-21-11-2-3-15(21)17-18-9-10-19-17/h4-7,9-10,15H,2-3,8,11-12H2,1H3,(H,18,19)(H,20,22)/t15-/m0/s1. The zero-order valence-corrected chi connectivity index (χ0v) is 13.3. The lowest BCUT2D eigenvalue weighted by molar-refractivity contribution is -0.116. The third kappa shape index (κ3) is 3.90. The molecule has 0 radical (unpaired) electrons. The van der Waals surface area contributed by atoms with Crippen LogP contribution in [0.4, 0.5) is 5.69 Å². The van der Waals surface area contributed by atoms with Gasteiger partial charge in [-0.25, -0.2) is 4.98 Å². The van der Waals surface area contributed by atoms with Crippen molar-refractivity contribution in [1.29, 1.82) is 0 Å². The number of benzene rings is 1. The maximum atomic E-state index is 12.1. The number of nitrogens with one attached hydrogen (secondary N) is 2. The summed E-state index contributed by atoms with van der Waals surface area (Å²) in [5.41, 5.74) is 0.791. The molecule has 6 nitrogen and oxygen atoms in total. The van der Waals surface area contributed by atoms with E-state index in [9.17, 15) is 4.79 Å². The molecule has 2 heterocycles. The van der Waals surface area contributed by atoms with E-state index in [2.05, 4.69) is 20.2 Å². The van der Waals surface area contributed by atoms with Gasteiger partial charge in [-0.1, -0.05) is 0 Å². The molecular formula is C17H22N4O2. The topological polar surface area (TPSA) is 70.2 Å². The molecule has 1 saturated heterocycles. The molecule has 1 aromatic heterocycles. The minimum Gasteiger partial charge on any atom is -0.497 e. The third-order valence-corrected chi connectivity index (χ3v) is 4.20. The Kier molecular flexibility index (Phi) is 4.92. The first-order valence-corrected chi connectivity index (χ1v) is 7.93. The highest BCUT2D eigenvalue weighted by Gasteiger charge is 2.27. The van der Waals surface area contributed by atoms with Crippen molar-refractivity contribution in [2.45, 2.75) is 25.3 Å². The van der Waals surface area contributed by atoms with Crippen LogP contribution in [-0.4, -0.2) is 41.0 Å². The van der Waals surface area contributed by atoms with E-state index in [0.29, 0.717) is 12.5 Å². The Bertz CT molecular complexity index is 625. The van der Waals surface area contributed by atoms with Crippen LogP contribution < -0.4 is 10.1 Å². The van der Waals surface area contributed by atoms with Gasteiger partial charge in [0, 0.05) is 31.0 Å². The number of rotatable bonds is 6. The van der Waals surface area contributed by atoms with Crippen molar-refractivity contribution in [2.75, 3.05) is 25.5 Å². The first-order valence-electron chi connectivity index (χ1n) is 7.93. The van der Waals surface area contributed by atoms with Crippen molar-refractivity contribution < 1.29 is 9.53 Å². The Morgan fingerprint density at radius 3 is 2.96 bits per heavy atom. The summed E-state index contributed by atoms with van der Waals surface area (Å²) in [6.45, 7) is 1.76. The molecule has 2 aromatic rings. The van der Waals surface area contributed by atoms with Crippen LogP contribution in [-0.2, 0) is 4.79 Å². The van der Waals surface area contributed by atoms with Gasteiger partial charge in [-0.05, 0) is 43.7 Å². The van der Waals surface area contributed by atoms with Gasteiger partial charge in [-0.3, -0.25) is 9.69 Å². The molecule has 1 fully saturated rings. The lowest BCUT2D eigenvalue weighted by Gasteiger charge is -2.22. The molecule has 1 aliphatic rings. The molecular weight excluding hydrogens is 292 g/mol. The highest BCUT2D eigenvalue weighted by molar-refractivity contribution is 5.90. The van der Waals surface area contributed by atoms with Crippen LogP contribution in [0.1, 0.15) is 31.1 Å². The Labute approximate surface area is 135 Å². The van der Waals surface area contributed by atoms with Gasteiger partial charge >= 0.3 is 0 Å². The van der Waals surface area contributed by atoms with Crippen molar-refractivity contribution in [1.82, 2.24) is 14.9 Å². The zero-order valence-electron chi connectivity index (χ0n) is 13.3. The van der Waals surface area contributed by atoms with Crippen LogP contribution in [0.2, 0.25) is 0 Å². The Morgan fingerprint density at radius 2 is 2.26 bits per heavy atom. The molecule has 3 rings (SSSR count). The minimum absolute atomic E-state index is 0.0280. The average Bonchev–Trinajstić information content (AvgIpc) is 3.24. The Morgan fingerprint density at radius 1 is 1.43 bits per heavy atom. The number of imidazole rings is 1. The van der Waals surface area contributed by atoms with Crippen LogP contribution in [0.25, 0.3) is 0 Å². The van der Waals surface area contributed by atoms with E-state index >= 15 is 0 Å². The molecule has 122 valence electrons. The molecule has 0 saturated carbocycles. The number of aromatic nitrogens is 2. The van der Waals surface area contributed by atoms with Crippen LogP contribution in [0.3, 0.4) is 0 Å². The maximum Gasteiger partial charge on any atom is 0.225 e. The van der Waals surface area contributed by atoms with Gasteiger partial charge in [0.15, 0.2) is 0 Å². The second-order valence-electron chi connectivity index (χ2n) is 5.70. The highest BCUT2D eigenvalue weighted by Crippen LogP contribution is 2.29. The van der Waals surface area contributed by atoms with Gasteiger partial charge < -0.3 is 15.0 Å². The number of likely N-dealkylation sites (tertiary alicyclic amines) is 1. The molecule has 1 atom stereocenters. The maximum absolute atomic E-state index is 12.1. The molecule has 0 unspecified atom stereocenters. The van der Waals surface area contributed by atoms with Crippen molar-refractivity contribution >= 4 is 11.6 Å². The Hall–Kier alpha value is -2.34. The second kappa shape index (κ2) is 7.28. The highest BCUT2D eigenvalue weighted by atomic mass is 16.5. The lowest BCUT2D eigenvalue weighted by atomic mass is 10.2. The summed E-state index contributed by atoms with van der Waals surface area (Å²) in [5.74, 6) is 1.81. The van der Waals surface area contributed by atoms with Crippen molar-refractivity contribution in [3.8, 4) is 5.75 Å². The summed E-state index contributed by atoms with van der Waals surface area (Å²) in [6, 6.07) is 7.67. The van der Waals surface area contributed by atoms with Gasteiger partial charge in [0.05, 0.1) is 13.2 Å². The summed E-state index contributed by atoms with van der Waals surface area (Å²) >= 11 is 0. The van der Waals surface area contributed by atoms with E-state index < -0.39 is 0 Å². The molecule has 0 bridgehead atoms. The SMILES string of the molecule is COc1ccc(NC(=O)CCN2CCC[C@H]2c2ncc[nH]2)cc1. The molecule has 2 N–H and O–H groups in total. The number of nitrogens with zero attached hydrogens (tertiary/aromatic N) is 2. The fourth-order valence-corrected chi connectivity index (χ4v) is 3.01. The number of hydrogen-bond acceptors (Lipinski definition) is 4. The molecule has 1 amide bonds. The third-order valence-electron chi connectivity index (χ3n) is 4.20. The molecule has 23 heavy (non-hydrogen) atoms. The normalized spacial score (nSPS) is 18.0. The summed E-state index contributed by atoms with van der Waals surface area (Å²) in [4.78, 5) is 22.0. The molecule has 1 aliphatic heterocycles. The summed E-state index contributed by atoms with van der Waals surface area (Å²) in [6.07, 6.45) is 6.34. The largest absolute Gasteiger partial charge is 0.497 e. The minimum atomic E-state index is 0.0280. The number of amides is 1. The van der Waals surface area contributed by atoms with E-state index in [1.807, 2.05) is 30.5 Å².